The lowest BCUT2D eigenvalue weighted by atomic mass is 10.1. The zero-order valence-corrected chi connectivity index (χ0v) is 14.9. The molecule has 0 aromatic carbocycles. The van der Waals surface area contributed by atoms with Gasteiger partial charge in [0.15, 0.2) is 0 Å². The van der Waals surface area contributed by atoms with Crippen molar-refractivity contribution >= 4 is 5.91 Å². The summed E-state index contributed by atoms with van der Waals surface area (Å²) in [5.41, 5.74) is 4.86. The standard InChI is InChI=1S/C17H26N4O2/c1-12-16(14(3)20(5)18-12)11-21(9-10-23-6)17(22)15-7-8-19(4)13(15)2/h7-8H,9-11H2,1-6H3. The number of hydrogen-bond acceptors (Lipinski definition) is 3. The van der Waals surface area contributed by atoms with Crippen molar-refractivity contribution in [3.8, 4) is 0 Å². The first-order chi connectivity index (χ1) is 10.9. The van der Waals surface area contributed by atoms with Gasteiger partial charge in [0.1, 0.15) is 0 Å². The number of aromatic nitrogens is 3. The maximum absolute atomic E-state index is 12.9. The molecule has 0 aliphatic carbocycles. The first-order valence-corrected chi connectivity index (χ1v) is 7.76. The highest BCUT2D eigenvalue weighted by Gasteiger charge is 2.22. The normalized spacial score (nSPS) is 11.0. The summed E-state index contributed by atoms with van der Waals surface area (Å²) >= 11 is 0. The van der Waals surface area contributed by atoms with E-state index in [-0.39, 0.29) is 5.91 Å². The van der Waals surface area contributed by atoms with Crippen LogP contribution in [0.2, 0.25) is 0 Å². The molecule has 0 aliphatic rings. The smallest absolute Gasteiger partial charge is 0.256 e. The number of nitrogens with zero attached hydrogens (tertiary/aromatic N) is 4. The summed E-state index contributed by atoms with van der Waals surface area (Å²) in [7, 11) is 5.52. The molecule has 6 nitrogen and oxygen atoms in total. The molecule has 0 atom stereocenters. The third-order valence-corrected chi connectivity index (χ3v) is 4.47. The zero-order valence-electron chi connectivity index (χ0n) is 14.9. The Morgan fingerprint density at radius 2 is 1.96 bits per heavy atom. The minimum absolute atomic E-state index is 0.0304. The fourth-order valence-corrected chi connectivity index (χ4v) is 2.70. The van der Waals surface area contributed by atoms with E-state index in [9.17, 15) is 4.79 Å². The van der Waals surface area contributed by atoms with E-state index in [2.05, 4.69) is 5.10 Å². The molecule has 0 radical (unpaired) electrons. The average Bonchev–Trinajstić information content (AvgIpc) is 2.96. The van der Waals surface area contributed by atoms with E-state index in [0.717, 1.165) is 28.2 Å². The minimum atomic E-state index is 0.0304. The number of ether oxygens (including phenoxy) is 1. The lowest BCUT2D eigenvalue weighted by Crippen LogP contribution is -2.34. The fraction of sp³-hybridized carbons (Fsp3) is 0.529. The van der Waals surface area contributed by atoms with Gasteiger partial charge in [0.05, 0.1) is 17.9 Å². The van der Waals surface area contributed by atoms with Crippen LogP contribution in [0, 0.1) is 20.8 Å². The van der Waals surface area contributed by atoms with Gasteiger partial charge in [-0.05, 0) is 26.8 Å². The van der Waals surface area contributed by atoms with Crippen molar-refractivity contribution in [1.29, 1.82) is 0 Å². The molecular weight excluding hydrogens is 292 g/mol. The second-order valence-electron chi connectivity index (χ2n) is 5.92. The van der Waals surface area contributed by atoms with Gasteiger partial charge in [0.25, 0.3) is 5.91 Å². The van der Waals surface area contributed by atoms with Gasteiger partial charge in [-0.1, -0.05) is 0 Å². The molecule has 0 saturated carbocycles. The Bertz CT molecular complexity index is 700. The molecule has 0 spiro atoms. The predicted octanol–water partition coefficient (Wildman–Crippen LogP) is 1.97. The van der Waals surface area contributed by atoms with Gasteiger partial charge in [-0.3, -0.25) is 9.48 Å². The number of amides is 1. The summed E-state index contributed by atoms with van der Waals surface area (Å²) in [5, 5.41) is 4.44. The Balaban J connectivity index is 2.29. The highest BCUT2D eigenvalue weighted by molar-refractivity contribution is 5.95. The molecule has 2 heterocycles. The van der Waals surface area contributed by atoms with E-state index in [0.29, 0.717) is 19.7 Å². The molecule has 0 N–H and O–H groups in total. The summed E-state index contributed by atoms with van der Waals surface area (Å²) in [4.78, 5) is 14.8. The molecule has 1 amide bonds. The third-order valence-electron chi connectivity index (χ3n) is 4.47. The second-order valence-corrected chi connectivity index (χ2v) is 5.92. The molecule has 0 unspecified atom stereocenters. The van der Waals surface area contributed by atoms with Crippen molar-refractivity contribution in [3.63, 3.8) is 0 Å². The van der Waals surface area contributed by atoms with Crippen LogP contribution >= 0.6 is 0 Å². The van der Waals surface area contributed by atoms with Crippen molar-refractivity contribution < 1.29 is 9.53 Å². The van der Waals surface area contributed by atoms with Crippen molar-refractivity contribution in [2.75, 3.05) is 20.3 Å². The number of hydrogen-bond donors (Lipinski definition) is 0. The molecule has 126 valence electrons. The van der Waals surface area contributed by atoms with Crippen LogP contribution < -0.4 is 0 Å². The molecule has 23 heavy (non-hydrogen) atoms. The van der Waals surface area contributed by atoms with E-state index in [4.69, 9.17) is 4.74 Å². The summed E-state index contributed by atoms with van der Waals surface area (Å²) in [5.74, 6) is 0.0304. The second kappa shape index (κ2) is 7.00. The molecule has 2 aromatic heterocycles. The van der Waals surface area contributed by atoms with Gasteiger partial charge in [0, 0.05) is 57.4 Å². The van der Waals surface area contributed by atoms with E-state index < -0.39 is 0 Å². The number of rotatable bonds is 6. The summed E-state index contributed by atoms with van der Waals surface area (Å²) in [6.45, 7) is 7.58. The van der Waals surface area contributed by atoms with Gasteiger partial charge >= 0.3 is 0 Å². The lowest BCUT2D eigenvalue weighted by Gasteiger charge is -2.23. The Kier molecular flexibility index (Phi) is 5.26. The average molecular weight is 318 g/mol. The van der Waals surface area contributed by atoms with Gasteiger partial charge in [-0.2, -0.15) is 5.10 Å². The van der Waals surface area contributed by atoms with Crippen molar-refractivity contribution in [3.05, 3.63) is 40.5 Å². The van der Waals surface area contributed by atoms with E-state index >= 15 is 0 Å². The van der Waals surface area contributed by atoms with E-state index in [1.54, 1.807) is 7.11 Å². The minimum Gasteiger partial charge on any atom is -0.383 e. The fourth-order valence-electron chi connectivity index (χ4n) is 2.70. The first kappa shape index (κ1) is 17.3. The Labute approximate surface area is 137 Å². The molecule has 0 saturated heterocycles. The van der Waals surface area contributed by atoms with Crippen LogP contribution in [0.25, 0.3) is 0 Å². The number of methoxy groups -OCH3 is 1. The summed E-state index contributed by atoms with van der Waals surface area (Å²) in [6.07, 6.45) is 1.91. The maximum Gasteiger partial charge on any atom is 0.256 e. The quantitative estimate of drug-likeness (QED) is 0.818. The largest absolute Gasteiger partial charge is 0.383 e. The van der Waals surface area contributed by atoms with Crippen LogP contribution in [0.4, 0.5) is 0 Å². The van der Waals surface area contributed by atoms with Crippen LogP contribution in [0.3, 0.4) is 0 Å². The zero-order chi connectivity index (χ0) is 17.1. The monoisotopic (exact) mass is 318 g/mol. The molecule has 0 fully saturated rings. The van der Waals surface area contributed by atoms with Crippen molar-refractivity contribution in [1.82, 2.24) is 19.2 Å². The molecular formula is C17H26N4O2. The van der Waals surface area contributed by atoms with Crippen LogP contribution in [0.1, 0.15) is 33.0 Å². The lowest BCUT2D eigenvalue weighted by molar-refractivity contribution is 0.0679. The number of aryl methyl sites for hydroxylation is 3. The summed E-state index contributed by atoms with van der Waals surface area (Å²) in [6, 6.07) is 1.88. The maximum atomic E-state index is 12.9. The Morgan fingerprint density at radius 1 is 1.26 bits per heavy atom. The van der Waals surface area contributed by atoms with Gasteiger partial charge < -0.3 is 14.2 Å². The SMILES string of the molecule is COCCN(Cc1c(C)nn(C)c1C)C(=O)c1ccn(C)c1C. The Hall–Kier alpha value is -2.08. The molecule has 0 aliphatic heterocycles. The topological polar surface area (TPSA) is 52.3 Å². The number of carbonyl (C=O) groups excluding carboxylic acids is 1. The highest BCUT2D eigenvalue weighted by atomic mass is 16.5. The van der Waals surface area contributed by atoms with Crippen LogP contribution in [0.15, 0.2) is 12.3 Å². The van der Waals surface area contributed by atoms with Gasteiger partial charge in [0.2, 0.25) is 0 Å². The van der Waals surface area contributed by atoms with Crippen molar-refractivity contribution in [2.24, 2.45) is 14.1 Å². The molecule has 0 bridgehead atoms. The van der Waals surface area contributed by atoms with E-state index in [1.165, 1.54) is 0 Å². The van der Waals surface area contributed by atoms with Gasteiger partial charge in [-0.15, -0.1) is 0 Å². The molecule has 2 aromatic rings. The van der Waals surface area contributed by atoms with Gasteiger partial charge in [-0.25, -0.2) is 0 Å². The molecule has 6 heteroatoms. The van der Waals surface area contributed by atoms with E-state index in [1.807, 2.05) is 61.3 Å². The first-order valence-electron chi connectivity index (χ1n) is 7.76. The van der Waals surface area contributed by atoms with Crippen LogP contribution in [-0.2, 0) is 25.4 Å². The van der Waals surface area contributed by atoms with Crippen molar-refractivity contribution in [2.45, 2.75) is 27.3 Å². The highest BCUT2D eigenvalue weighted by Crippen LogP contribution is 2.18. The predicted molar refractivity (Wildman–Crippen MR) is 89.4 cm³/mol. The number of carbonyl (C=O) groups is 1. The molecule has 2 rings (SSSR count). The Morgan fingerprint density at radius 3 is 2.43 bits per heavy atom. The van der Waals surface area contributed by atoms with Crippen LogP contribution in [0.5, 0.6) is 0 Å². The summed E-state index contributed by atoms with van der Waals surface area (Å²) < 4.78 is 9.00. The van der Waals surface area contributed by atoms with Crippen LogP contribution in [-0.4, -0.2) is 45.4 Å². The third kappa shape index (κ3) is 3.47.